The molecule has 8 rings (SSSR count). The number of hydrogen-bond acceptors (Lipinski definition) is 7. The fraction of sp³-hybridized carbons (Fsp3) is 0.560. The smallest absolute Gasteiger partial charge is 0.225 e. The molecule has 0 radical (unpaired) electrons. The summed E-state index contributed by atoms with van der Waals surface area (Å²) < 4.78 is 2.04. The van der Waals surface area contributed by atoms with Crippen molar-refractivity contribution < 1.29 is 0 Å². The molecule has 5 aliphatic rings. The van der Waals surface area contributed by atoms with Crippen LogP contribution in [0.25, 0.3) is 5.69 Å². The Morgan fingerprint density at radius 2 is 1.42 bits per heavy atom. The molecular formula is C25H30N8. The van der Waals surface area contributed by atoms with Crippen LogP contribution in [0.15, 0.2) is 48.8 Å². The summed E-state index contributed by atoms with van der Waals surface area (Å²) in [6.45, 7) is 3.85. The summed E-state index contributed by atoms with van der Waals surface area (Å²) in [6.07, 6.45) is 10.4. The van der Waals surface area contributed by atoms with Crippen molar-refractivity contribution >= 4 is 5.95 Å². The van der Waals surface area contributed by atoms with Gasteiger partial charge in [0.05, 0.1) is 11.2 Å². The van der Waals surface area contributed by atoms with Crippen molar-refractivity contribution in [3.05, 3.63) is 54.6 Å². The predicted molar refractivity (Wildman–Crippen MR) is 124 cm³/mol. The van der Waals surface area contributed by atoms with E-state index in [1.165, 1.54) is 32.1 Å². The highest BCUT2D eigenvalue weighted by atomic mass is 15.6. The van der Waals surface area contributed by atoms with Gasteiger partial charge in [0.1, 0.15) is 0 Å². The van der Waals surface area contributed by atoms with E-state index in [0.717, 1.165) is 55.5 Å². The first-order valence-electron chi connectivity index (χ1n) is 12.4. The van der Waals surface area contributed by atoms with Crippen LogP contribution in [0.2, 0.25) is 0 Å². The number of piperazine rings is 1. The van der Waals surface area contributed by atoms with Crippen LogP contribution >= 0.6 is 0 Å². The second-order valence-corrected chi connectivity index (χ2v) is 10.4. The maximum Gasteiger partial charge on any atom is 0.225 e. The van der Waals surface area contributed by atoms with Crippen molar-refractivity contribution in [1.29, 1.82) is 0 Å². The minimum atomic E-state index is -0.0869. The van der Waals surface area contributed by atoms with Gasteiger partial charge in [0.15, 0.2) is 5.82 Å². The molecule has 0 atom stereocenters. The summed E-state index contributed by atoms with van der Waals surface area (Å²) in [7, 11) is 0. The summed E-state index contributed by atoms with van der Waals surface area (Å²) in [5, 5.41) is 13.5. The first-order valence-corrected chi connectivity index (χ1v) is 12.4. The number of rotatable bonds is 4. The topological polar surface area (TPSA) is 75.9 Å². The molecule has 1 aromatic carbocycles. The molecule has 3 heterocycles. The van der Waals surface area contributed by atoms with Gasteiger partial charge < -0.3 is 4.90 Å². The van der Waals surface area contributed by atoms with Gasteiger partial charge in [-0.3, -0.25) is 4.90 Å². The highest BCUT2D eigenvalue weighted by Crippen LogP contribution is 2.63. The van der Waals surface area contributed by atoms with Gasteiger partial charge in [0.2, 0.25) is 5.95 Å². The summed E-state index contributed by atoms with van der Waals surface area (Å²) in [6, 6.07) is 12.3. The van der Waals surface area contributed by atoms with E-state index in [4.69, 9.17) is 5.10 Å². The number of tetrazole rings is 1. The van der Waals surface area contributed by atoms with Crippen LogP contribution in [-0.4, -0.2) is 61.3 Å². The largest absolute Gasteiger partial charge is 0.338 e. The maximum atomic E-state index is 4.79. The Labute approximate surface area is 194 Å². The molecule has 0 amide bonds. The van der Waals surface area contributed by atoms with Crippen LogP contribution in [0.5, 0.6) is 0 Å². The summed E-state index contributed by atoms with van der Waals surface area (Å²) in [4.78, 5) is 14.1. The lowest BCUT2D eigenvalue weighted by Gasteiger charge is -2.64. The lowest BCUT2D eigenvalue weighted by Crippen LogP contribution is -2.67. The molecule has 8 heteroatoms. The van der Waals surface area contributed by atoms with E-state index < -0.39 is 0 Å². The van der Waals surface area contributed by atoms with Crippen molar-refractivity contribution in [3.8, 4) is 5.69 Å². The zero-order valence-corrected chi connectivity index (χ0v) is 18.9. The van der Waals surface area contributed by atoms with Crippen LogP contribution in [0, 0.1) is 23.7 Å². The van der Waals surface area contributed by atoms with Crippen LogP contribution in [0.3, 0.4) is 0 Å². The highest BCUT2D eigenvalue weighted by Gasteiger charge is 2.63. The van der Waals surface area contributed by atoms with E-state index in [2.05, 4.69) is 60.5 Å². The van der Waals surface area contributed by atoms with Crippen molar-refractivity contribution in [2.45, 2.75) is 37.6 Å². The number of para-hydroxylation sites is 1. The Hall–Kier alpha value is -2.87. The number of hydrogen-bond donors (Lipinski definition) is 0. The molecule has 4 saturated carbocycles. The average Bonchev–Trinajstić information content (AvgIpc) is 3.36. The highest BCUT2D eigenvalue weighted by molar-refractivity contribution is 5.34. The fourth-order valence-corrected chi connectivity index (χ4v) is 7.84. The second kappa shape index (κ2) is 7.58. The monoisotopic (exact) mass is 442 g/mol. The molecule has 0 N–H and O–H groups in total. The van der Waals surface area contributed by atoms with Gasteiger partial charge in [0, 0.05) is 38.6 Å². The fourth-order valence-electron chi connectivity index (χ4n) is 7.84. The van der Waals surface area contributed by atoms with E-state index in [0.29, 0.717) is 11.8 Å². The van der Waals surface area contributed by atoms with Gasteiger partial charge in [-0.2, -0.15) is 4.68 Å². The van der Waals surface area contributed by atoms with E-state index in [1.807, 2.05) is 23.1 Å². The van der Waals surface area contributed by atoms with Crippen molar-refractivity contribution in [2.75, 3.05) is 31.1 Å². The maximum absolute atomic E-state index is 4.79. The normalized spacial score (nSPS) is 33.5. The van der Waals surface area contributed by atoms with Gasteiger partial charge in [-0.25, -0.2) is 9.97 Å². The van der Waals surface area contributed by atoms with Gasteiger partial charge in [0.25, 0.3) is 0 Å². The molecule has 33 heavy (non-hydrogen) atoms. The van der Waals surface area contributed by atoms with E-state index in [1.54, 1.807) is 0 Å². The molecule has 4 aliphatic carbocycles. The Morgan fingerprint density at radius 1 is 0.758 bits per heavy atom. The molecule has 4 bridgehead atoms. The Bertz CT molecular complexity index is 1080. The third-order valence-corrected chi connectivity index (χ3v) is 8.85. The van der Waals surface area contributed by atoms with Gasteiger partial charge in [-0.1, -0.05) is 18.2 Å². The number of anilines is 1. The van der Waals surface area contributed by atoms with Crippen LogP contribution < -0.4 is 4.90 Å². The standard InChI is InChI=1S/C25H30N8/c1-2-5-22(6-3-1)33-23(28-29-30-33)25(20-14-18-13-19(16-20)17-21(25)15-18)32-11-9-31(10-12-32)24-26-7-4-8-27-24/h1-8,18-21H,9-17H2. The summed E-state index contributed by atoms with van der Waals surface area (Å²) in [5.74, 6) is 4.93. The van der Waals surface area contributed by atoms with Crippen molar-refractivity contribution in [2.24, 2.45) is 23.7 Å². The molecule has 1 saturated heterocycles. The Morgan fingerprint density at radius 3 is 2.09 bits per heavy atom. The molecule has 0 spiro atoms. The Balaban J connectivity index is 1.29. The predicted octanol–water partition coefficient (Wildman–Crippen LogP) is 2.93. The van der Waals surface area contributed by atoms with Crippen LogP contribution in [0.1, 0.15) is 37.9 Å². The second-order valence-electron chi connectivity index (χ2n) is 10.4. The number of aromatic nitrogens is 6. The van der Waals surface area contributed by atoms with E-state index in [9.17, 15) is 0 Å². The summed E-state index contributed by atoms with van der Waals surface area (Å²) >= 11 is 0. The Kier molecular flexibility index (Phi) is 4.50. The first-order chi connectivity index (χ1) is 16.3. The SMILES string of the molecule is c1ccc(-n2nnnc2C2(N3CCN(c4ncccn4)CC3)C3CC4CC(C3)CC2C4)cc1. The van der Waals surface area contributed by atoms with Crippen molar-refractivity contribution in [1.82, 2.24) is 35.1 Å². The molecule has 5 fully saturated rings. The zero-order valence-electron chi connectivity index (χ0n) is 18.9. The molecule has 0 unspecified atom stereocenters. The van der Waals surface area contributed by atoms with Crippen LogP contribution in [-0.2, 0) is 5.54 Å². The quantitative estimate of drug-likeness (QED) is 0.615. The van der Waals surface area contributed by atoms with E-state index >= 15 is 0 Å². The lowest BCUT2D eigenvalue weighted by atomic mass is 9.47. The minimum Gasteiger partial charge on any atom is -0.338 e. The third kappa shape index (κ3) is 2.96. The first kappa shape index (κ1) is 19.6. The van der Waals surface area contributed by atoms with Gasteiger partial charge in [-0.15, -0.1) is 5.10 Å². The lowest BCUT2D eigenvalue weighted by molar-refractivity contribution is -0.149. The number of nitrogens with zero attached hydrogens (tertiary/aromatic N) is 8. The summed E-state index contributed by atoms with van der Waals surface area (Å²) in [5.41, 5.74) is 0.971. The van der Waals surface area contributed by atoms with Crippen LogP contribution in [0.4, 0.5) is 5.95 Å². The third-order valence-electron chi connectivity index (χ3n) is 8.85. The van der Waals surface area contributed by atoms with Gasteiger partial charge in [-0.05, 0) is 84.4 Å². The molecule has 8 nitrogen and oxygen atoms in total. The molecule has 1 aliphatic heterocycles. The van der Waals surface area contributed by atoms with Crippen molar-refractivity contribution in [3.63, 3.8) is 0 Å². The molecule has 170 valence electrons. The molecule has 2 aromatic heterocycles. The van der Waals surface area contributed by atoms with E-state index in [-0.39, 0.29) is 5.54 Å². The number of benzene rings is 1. The minimum absolute atomic E-state index is 0.0869. The molecular weight excluding hydrogens is 412 g/mol. The molecule has 3 aromatic rings. The zero-order chi connectivity index (χ0) is 21.8. The average molecular weight is 443 g/mol. The van der Waals surface area contributed by atoms with Gasteiger partial charge >= 0.3 is 0 Å².